The fraction of sp³-hybridized carbons (Fsp3) is 0.609. The van der Waals surface area contributed by atoms with Crippen molar-refractivity contribution in [2.75, 3.05) is 66.3 Å². The van der Waals surface area contributed by atoms with E-state index in [1.807, 2.05) is 6.07 Å². The molecule has 0 aliphatic heterocycles. The van der Waals surface area contributed by atoms with E-state index in [1.54, 1.807) is 24.3 Å². The Labute approximate surface area is 211 Å². The van der Waals surface area contributed by atoms with Crippen molar-refractivity contribution in [2.24, 2.45) is 0 Å². The van der Waals surface area contributed by atoms with E-state index in [9.17, 15) is 27.8 Å². The van der Waals surface area contributed by atoms with Gasteiger partial charge in [-0.1, -0.05) is 18.2 Å². The van der Waals surface area contributed by atoms with Crippen molar-refractivity contribution in [3.63, 3.8) is 0 Å². The van der Waals surface area contributed by atoms with Gasteiger partial charge in [-0.3, -0.25) is 4.74 Å². The predicted molar refractivity (Wildman–Crippen MR) is 119 cm³/mol. The first-order valence-electron chi connectivity index (χ1n) is 11.0. The Morgan fingerprint density at radius 1 is 0.865 bits per heavy atom. The van der Waals surface area contributed by atoms with Crippen LogP contribution in [0.25, 0.3) is 0 Å². The molecule has 0 fully saturated rings. The largest absolute Gasteiger partial charge is 0.489 e. The van der Waals surface area contributed by atoms with Gasteiger partial charge in [0.15, 0.2) is 0 Å². The molecule has 37 heavy (non-hydrogen) atoms. The molecule has 0 aliphatic rings. The predicted octanol–water partition coefficient (Wildman–Crippen LogP) is 2.09. The molecule has 0 amide bonds. The number of para-hydroxylation sites is 1. The minimum Gasteiger partial charge on any atom is -0.489 e. The summed E-state index contributed by atoms with van der Waals surface area (Å²) in [6, 6.07) is 8.46. The smallest absolute Gasteiger partial charge is 0.383 e. The van der Waals surface area contributed by atoms with Gasteiger partial charge in [0.25, 0.3) is 0 Å². The molecule has 2 atom stereocenters. The van der Waals surface area contributed by atoms with E-state index in [0.717, 1.165) is 0 Å². The first-order chi connectivity index (χ1) is 17.6. The number of hydrogen-bond acceptors (Lipinski definition) is 10. The van der Waals surface area contributed by atoms with Crippen molar-refractivity contribution in [1.82, 2.24) is 0 Å². The van der Waals surface area contributed by atoms with Gasteiger partial charge in [-0.15, -0.1) is 6.58 Å². The molecule has 0 aromatic heterocycles. The van der Waals surface area contributed by atoms with Crippen molar-refractivity contribution >= 4 is 0 Å². The highest BCUT2D eigenvalue weighted by Crippen LogP contribution is 2.27. The summed E-state index contributed by atoms with van der Waals surface area (Å²) in [6.07, 6.45) is -9.50. The third kappa shape index (κ3) is 16.2. The Morgan fingerprint density at radius 3 is 2.16 bits per heavy atom. The highest BCUT2D eigenvalue weighted by Gasteiger charge is 2.44. The maximum absolute atomic E-state index is 13.6. The molecular formula is C23H31F4NO9. The van der Waals surface area contributed by atoms with Gasteiger partial charge < -0.3 is 38.6 Å². The van der Waals surface area contributed by atoms with Crippen LogP contribution in [0.4, 0.5) is 17.6 Å². The topological polar surface area (TPSA) is 129 Å². The molecule has 0 heterocycles. The molecule has 210 valence electrons. The highest BCUT2D eigenvalue weighted by atomic mass is 19.3. The molecule has 0 radical (unpaired) electrons. The van der Waals surface area contributed by atoms with E-state index in [2.05, 4.69) is 20.8 Å². The normalized spacial score (nSPS) is 13.6. The number of hydrogen-bond donors (Lipinski definition) is 2. The van der Waals surface area contributed by atoms with Crippen LogP contribution in [0.5, 0.6) is 5.75 Å². The third-order valence-electron chi connectivity index (χ3n) is 3.98. The van der Waals surface area contributed by atoms with Gasteiger partial charge in [0.05, 0.1) is 45.2 Å². The van der Waals surface area contributed by atoms with Crippen molar-refractivity contribution in [1.29, 1.82) is 5.26 Å². The summed E-state index contributed by atoms with van der Waals surface area (Å²) >= 11 is 0. The van der Waals surface area contributed by atoms with Gasteiger partial charge in [0.1, 0.15) is 50.6 Å². The minimum atomic E-state index is -4.34. The standard InChI is InChI=1S/C23H31F4NO9/c1-2-7-31-11-19(29)13-34-15-22(24,25)37-23(26,27)16-35-17-33-9-8-32-12-20(30)14-36-21-6-4-3-5-18(21)10-28/h2-6,19-20,29-30H,1,7-9,11-17H2. The average molecular weight is 541 g/mol. The molecule has 10 nitrogen and oxygen atoms in total. The van der Waals surface area contributed by atoms with Gasteiger partial charge in [-0.25, -0.2) is 0 Å². The number of nitrogens with zero attached hydrogens (tertiary/aromatic N) is 1. The lowest BCUT2D eigenvalue weighted by Gasteiger charge is -2.24. The summed E-state index contributed by atoms with van der Waals surface area (Å²) in [5, 5.41) is 28.3. The molecule has 0 aliphatic carbocycles. The van der Waals surface area contributed by atoms with E-state index in [-0.39, 0.29) is 39.6 Å². The molecule has 0 saturated carbocycles. The first-order valence-corrected chi connectivity index (χ1v) is 11.0. The number of nitriles is 1. The lowest BCUT2D eigenvalue weighted by Crippen LogP contribution is -2.40. The zero-order valence-electron chi connectivity index (χ0n) is 20.0. The molecule has 1 aromatic rings. The monoisotopic (exact) mass is 541 g/mol. The molecule has 2 N–H and O–H groups in total. The Balaban J connectivity index is 2.10. The number of benzene rings is 1. The van der Waals surface area contributed by atoms with Gasteiger partial charge in [0, 0.05) is 0 Å². The summed E-state index contributed by atoms with van der Waals surface area (Å²) < 4.78 is 87.0. The van der Waals surface area contributed by atoms with Crippen LogP contribution in [-0.2, 0) is 28.4 Å². The quantitative estimate of drug-likeness (QED) is 0.0975. The van der Waals surface area contributed by atoms with E-state index in [4.69, 9.17) is 24.2 Å². The van der Waals surface area contributed by atoms with Crippen LogP contribution in [0.2, 0.25) is 0 Å². The number of rotatable bonds is 22. The Kier molecular flexibility index (Phi) is 15.9. The molecule has 1 aromatic carbocycles. The zero-order valence-corrected chi connectivity index (χ0v) is 20.0. The van der Waals surface area contributed by atoms with Crippen molar-refractivity contribution < 1.29 is 60.9 Å². The van der Waals surface area contributed by atoms with Crippen LogP contribution in [-0.4, -0.2) is 101 Å². The second kappa shape index (κ2) is 18.0. The van der Waals surface area contributed by atoms with Crippen LogP contribution < -0.4 is 4.74 Å². The number of aliphatic hydroxyl groups excluding tert-OH is 2. The minimum absolute atomic E-state index is 0.0258. The number of ether oxygens (including phenoxy) is 7. The fourth-order valence-corrected chi connectivity index (χ4v) is 2.46. The second-order valence-electron chi connectivity index (χ2n) is 7.39. The van der Waals surface area contributed by atoms with Crippen LogP contribution in [0, 0.1) is 11.3 Å². The molecule has 0 spiro atoms. The van der Waals surface area contributed by atoms with Crippen molar-refractivity contribution in [3.05, 3.63) is 42.5 Å². The molecule has 0 bridgehead atoms. The van der Waals surface area contributed by atoms with Crippen molar-refractivity contribution in [3.8, 4) is 11.8 Å². The SMILES string of the molecule is C=CCOCC(O)COCC(F)(F)OC(F)(F)COCOCCOCC(O)COc1ccccc1C#N. The molecule has 1 rings (SSSR count). The van der Waals surface area contributed by atoms with Crippen molar-refractivity contribution in [2.45, 2.75) is 24.4 Å². The summed E-state index contributed by atoms with van der Waals surface area (Å²) in [4.78, 5) is 0. The summed E-state index contributed by atoms with van der Waals surface area (Å²) in [5.74, 6) is 0.319. The Morgan fingerprint density at radius 2 is 1.46 bits per heavy atom. The fourth-order valence-electron chi connectivity index (χ4n) is 2.46. The van der Waals surface area contributed by atoms with Crippen LogP contribution in [0.1, 0.15) is 5.56 Å². The maximum atomic E-state index is 13.6. The highest BCUT2D eigenvalue weighted by molar-refractivity contribution is 5.42. The van der Waals surface area contributed by atoms with Gasteiger partial charge >= 0.3 is 12.2 Å². The lowest BCUT2D eigenvalue weighted by atomic mass is 10.2. The van der Waals surface area contributed by atoms with Crippen LogP contribution >= 0.6 is 0 Å². The Hall–Kier alpha value is -2.35. The van der Waals surface area contributed by atoms with Gasteiger partial charge in [-0.05, 0) is 12.1 Å². The molecule has 14 heteroatoms. The van der Waals surface area contributed by atoms with E-state index in [0.29, 0.717) is 11.3 Å². The number of halogens is 4. The zero-order chi connectivity index (χ0) is 27.6. The molecule has 2 unspecified atom stereocenters. The van der Waals surface area contributed by atoms with Crippen LogP contribution in [0.15, 0.2) is 36.9 Å². The molecule has 0 saturated heterocycles. The number of alkyl halides is 4. The first kappa shape index (κ1) is 32.7. The summed E-state index contributed by atoms with van der Waals surface area (Å²) in [5.41, 5.74) is 0.318. The number of aliphatic hydroxyl groups is 2. The summed E-state index contributed by atoms with van der Waals surface area (Å²) in [6.45, 7) is -1.32. The van der Waals surface area contributed by atoms with Gasteiger partial charge in [0.2, 0.25) is 0 Å². The maximum Gasteiger partial charge on any atom is 0.383 e. The average Bonchev–Trinajstić information content (AvgIpc) is 2.83. The van der Waals surface area contributed by atoms with Crippen LogP contribution in [0.3, 0.4) is 0 Å². The summed E-state index contributed by atoms with van der Waals surface area (Å²) in [7, 11) is 0. The van der Waals surface area contributed by atoms with Gasteiger partial charge in [-0.2, -0.15) is 22.8 Å². The van der Waals surface area contributed by atoms with E-state index in [1.165, 1.54) is 6.08 Å². The third-order valence-corrected chi connectivity index (χ3v) is 3.98. The molecular weight excluding hydrogens is 510 g/mol. The second-order valence-corrected chi connectivity index (χ2v) is 7.39. The van der Waals surface area contributed by atoms with E-state index < -0.39 is 51.0 Å². The Bertz CT molecular complexity index is 811. The van der Waals surface area contributed by atoms with E-state index >= 15 is 0 Å². The lowest BCUT2D eigenvalue weighted by molar-refractivity contribution is -0.396.